The molecule has 3 heteroatoms. The standard InChI is InChI=1S/C11H14O3/c1-7-3-5-9(6-4-7)8(2)10(12)11(13)14/h3-6,8,10,12H,1-2H3,(H,13,14)/t8-,10+/m1/s1. The summed E-state index contributed by atoms with van der Waals surface area (Å²) >= 11 is 0. The van der Waals surface area contributed by atoms with Crippen molar-refractivity contribution in [3.63, 3.8) is 0 Å². The van der Waals surface area contributed by atoms with Gasteiger partial charge in [0.2, 0.25) is 0 Å². The fraction of sp³-hybridized carbons (Fsp3) is 0.364. The quantitative estimate of drug-likeness (QED) is 0.767. The molecule has 0 heterocycles. The van der Waals surface area contributed by atoms with Crippen LogP contribution in [0.15, 0.2) is 24.3 Å². The molecule has 2 N–H and O–H groups in total. The highest BCUT2D eigenvalue weighted by Crippen LogP contribution is 2.19. The van der Waals surface area contributed by atoms with Crippen LogP contribution >= 0.6 is 0 Å². The van der Waals surface area contributed by atoms with Crippen LogP contribution in [-0.2, 0) is 4.79 Å². The summed E-state index contributed by atoms with van der Waals surface area (Å²) in [5, 5.41) is 17.9. The Morgan fingerprint density at radius 1 is 1.29 bits per heavy atom. The number of aliphatic carboxylic acids is 1. The van der Waals surface area contributed by atoms with E-state index in [1.54, 1.807) is 6.92 Å². The minimum atomic E-state index is -1.34. The minimum Gasteiger partial charge on any atom is -0.479 e. The van der Waals surface area contributed by atoms with Gasteiger partial charge in [-0.3, -0.25) is 0 Å². The molecule has 0 aliphatic heterocycles. The van der Waals surface area contributed by atoms with Crippen molar-refractivity contribution in [2.45, 2.75) is 25.9 Å². The predicted molar refractivity (Wildman–Crippen MR) is 53.2 cm³/mol. The highest BCUT2D eigenvalue weighted by molar-refractivity contribution is 5.73. The van der Waals surface area contributed by atoms with Gasteiger partial charge < -0.3 is 10.2 Å². The summed E-state index contributed by atoms with van der Waals surface area (Å²) in [6.45, 7) is 3.66. The number of aliphatic hydroxyl groups is 1. The molecule has 1 aromatic carbocycles. The van der Waals surface area contributed by atoms with Gasteiger partial charge in [-0.25, -0.2) is 4.79 Å². The van der Waals surface area contributed by atoms with E-state index in [9.17, 15) is 9.90 Å². The molecule has 0 aromatic heterocycles. The van der Waals surface area contributed by atoms with Gasteiger partial charge in [0.15, 0.2) is 6.10 Å². The average molecular weight is 194 g/mol. The third-order valence-corrected chi connectivity index (χ3v) is 2.33. The first kappa shape index (κ1) is 10.7. The first-order valence-corrected chi connectivity index (χ1v) is 4.50. The summed E-state index contributed by atoms with van der Waals surface area (Å²) in [6.07, 6.45) is -1.34. The van der Waals surface area contributed by atoms with Crippen molar-refractivity contribution in [3.05, 3.63) is 35.4 Å². The van der Waals surface area contributed by atoms with E-state index in [0.717, 1.165) is 11.1 Å². The van der Waals surface area contributed by atoms with Crippen molar-refractivity contribution < 1.29 is 15.0 Å². The molecular weight excluding hydrogens is 180 g/mol. The third-order valence-electron chi connectivity index (χ3n) is 2.33. The van der Waals surface area contributed by atoms with Crippen LogP contribution in [0.2, 0.25) is 0 Å². The Balaban J connectivity index is 2.84. The molecule has 0 amide bonds. The molecule has 0 radical (unpaired) electrons. The summed E-state index contributed by atoms with van der Waals surface area (Å²) < 4.78 is 0. The summed E-state index contributed by atoms with van der Waals surface area (Å²) in [6, 6.07) is 7.49. The summed E-state index contributed by atoms with van der Waals surface area (Å²) in [7, 11) is 0. The van der Waals surface area contributed by atoms with E-state index in [4.69, 9.17) is 5.11 Å². The molecule has 0 saturated carbocycles. The Labute approximate surface area is 83.0 Å². The van der Waals surface area contributed by atoms with E-state index in [-0.39, 0.29) is 5.92 Å². The first-order chi connectivity index (χ1) is 6.52. The number of aliphatic hydroxyl groups excluding tert-OH is 1. The number of carbonyl (C=O) groups is 1. The summed E-state index contributed by atoms with van der Waals surface area (Å²) in [5.41, 5.74) is 1.95. The number of aryl methyl sites for hydroxylation is 1. The maximum atomic E-state index is 10.5. The molecule has 2 atom stereocenters. The van der Waals surface area contributed by atoms with E-state index in [2.05, 4.69) is 0 Å². The molecule has 1 aromatic rings. The largest absolute Gasteiger partial charge is 0.479 e. The van der Waals surface area contributed by atoms with Crippen LogP contribution in [0.3, 0.4) is 0 Å². The Morgan fingerprint density at radius 3 is 2.21 bits per heavy atom. The predicted octanol–water partition coefficient (Wildman–Crippen LogP) is 1.54. The lowest BCUT2D eigenvalue weighted by atomic mass is 9.95. The molecule has 0 unspecified atom stereocenters. The second kappa shape index (κ2) is 4.24. The van der Waals surface area contributed by atoms with Gasteiger partial charge in [0.1, 0.15) is 0 Å². The zero-order chi connectivity index (χ0) is 10.7. The molecule has 0 saturated heterocycles. The number of benzene rings is 1. The van der Waals surface area contributed by atoms with Gasteiger partial charge in [-0.15, -0.1) is 0 Å². The lowest BCUT2D eigenvalue weighted by Crippen LogP contribution is -2.25. The van der Waals surface area contributed by atoms with Gasteiger partial charge in [-0.1, -0.05) is 36.8 Å². The fourth-order valence-electron chi connectivity index (χ4n) is 1.27. The van der Waals surface area contributed by atoms with Crippen LogP contribution in [0.4, 0.5) is 0 Å². The smallest absolute Gasteiger partial charge is 0.333 e. The molecule has 3 nitrogen and oxygen atoms in total. The number of hydrogen-bond donors (Lipinski definition) is 2. The van der Waals surface area contributed by atoms with Crippen LogP contribution in [0.5, 0.6) is 0 Å². The molecule has 0 aliphatic carbocycles. The maximum absolute atomic E-state index is 10.5. The monoisotopic (exact) mass is 194 g/mol. The van der Waals surface area contributed by atoms with E-state index >= 15 is 0 Å². The molecule has 0 spiro atoms. The van der Waals surface area contributed by atoms with Crippen LogP contribution in [-0.4, -0.2) is 22.3 Å². The first-order valence-electron chi connectivity index (χ1n) is 4.50. The molecule has 0 aliphatic rings. The van der Waals surface area contributed by atoms with Gasteiger partial charge in [0, 0.05) is 5.92 Å². The Kier molecular flexibility index (Phi) is 3.25. The highest BCUT2D eigenvalue weighted by atomic mass is 16.4. The minimum absolute atomic E-state index is 0.381. The van der Waals surface area contributed by atoms with Crippen LogP contribution < -0.4 is 0 Å². The van der Waals surface area contributed by atoms with Crippen LogP contribution in [0, 0.1) is 6.92 Å². The number of carboxylic acids is 1. The molecule has 14 heavy (non-hydrogen) atoms. The van der Waals surface area contributed by atoms with Gasteiger partial charge in [0.05, 0.1) is 0 Å². The van der Waals surface area contributed by atoms with Crippen molar-refractivity contribution in [3.8, 4) is 0 Å². The lowest BCUT2D eigenvalue weighted by Gasteiger charge is -2.15. The Morgan fingerprint density at radius 2 is 1.79 bits per heavy atom. The average Bonchev–Trinajstić information content (AvgIpc) is 2.16. The van der Waals surface area contributed by atoms with Crippen molar-refractivity contribution in [2.75, 3.05) is 0 Å². The molecule has 76 valence electrons. The Bertz CT molecular complexity index is 316. The number of carboxylic acid groups (broad SMARTS) is 1. The van der Waals surface area contributed by atoms with Crippen LogP contribution in [0.25, 0.3) is 0 Å². The SMILES string of the molecule is Cc1ccc([C@@H](C)[C@H](O)C(=O)O)cc1. The lowest BCUT2D eigenvalue weighted by molar-refractivity contribution is -0.147. The van der Waals surface area contributed by atoms with Gasteiger partial charge in [-0.05, 0) is 12.5 Å². The topological polar surface area (TPSA) is 57.5 Å². The normalized spacial score (nSPS) is 14.8. The number of rotatable bonds is 3. The fourth-order valence-corrected chi connectivity index (χ4v) is 1.27. The van der Waals surface area contributed by atoms with E-state index in [1.807, 2.05) is 31.2 Å². The van der Waals surface area contributed by atoms with E-state index in [0.29, 0.717) is 0 Å². The van der Waals surface area contributed by atoms with Gasteiger partial charge >= 0.3 is 5.97 Å². The zero-order valence-corrected chi connectivity index (χ0v) is 8.27. The highest BCUT2D eigenvalue weighted by Gasteiger charge is 2.22. The maximum Gasteiger partial charge on any atom is 0.333 e. The van der Waals surface area contributed by atoms with Gasteiger partial charge in [-0.2, -0.15) is 0 Å². The molecule has 0 fully saturated rings. The van der Waals surface area contributed by atoms with Crippen LogP contribution in [0.1, 0.15) is 24.0 Å². The summed E-state index contributed by atoms with van der Waals surface area (Å²) in [5.74, 6) is -1.56. The second-order valence-electron chi connectivity index (χ2n) is 3.48. The summed E-state index contributed by atoms with van der Waals surface area (Å²) in [4.78, 5) is 10.5. The van der Waals surface area contributed by atoms with Crippen molar-refractivity contribution in [2.24, 2.45) is 0 Å². The van der Waals surface area contributed by atoms with Crippen molar-refractivity contribution in [1.82, 2.24) is 0 Å². The molecule has 1 rings (SSSR count). The van der Waals surface area contributed by atoms with Crippen molar-refractivity contribution in [1.29, 1.82) is 0 Å². The third kappa shape index (κ3) is 2.33. The van der Waals surface area contributed by atoms with E-state index in [1.165, 1.54) is 0 Å². The second-order valence-corrected chi connectivity index (χ2v) is 3.48. The molecular formula is C11H14O3. The number of hydrogen-bond acceptors (Lipinski definition) is 2. The Hall–Kier alpha value is -1.35. The van der Waals surface area contributed by atoms with E-state index < -0.39 is 12.1 Å². The molecule has 0 bridgehead atoms. The van der Waals surface area contributed by atoms with Crippen molar-refractivity contribution >= 4 is 5.97 Å². The van der Waals surface area contributed by atoms with Gasteiger partial charge in [0.25, 0.3) is 0 Å². The zero-order valence-electron chi connectivity index (χ0n) is 8.27.